The van der Waals surface area contributed by atoms with Crippen LogP contribution in [-0.4, -0.2) is 14.8 Å². The molecule has 1 saturated carbocycles. The number of para-hydroxylation sites is 1. The smallest absolute Gasteiger partial charge is 0.236 e. The first-order valence-corrected chi connectivity index (χ1v) is 10.9. The van der Waals surface area contributed by atoms with Crippen LogP contribution in [0.3, 0.4) is 0 Å². The van der Waals surface area contributed by atoms with E-state index in [9.17, 15) is 0 Å². The summed E-state index contributed by atoms with van der Waals surface area (Å²) in [5, 5.41) is 5.74. The first-order valence-electron chi connectivity index (χ1n) is 10.9. The molecule has 152 valence electrons. The Labute approximate surface area is 177 Å². The number of pyridine rings is 1. The van der Waals surface area contributed by atoms with E-state index < -0.39 is 0 Å². The summed E-state index contributed by atoms with van der Waals surface area (Å²) >= 11 is 0. The molecule has 1 aliphatic rings. The Balaban J connectivity index is 1.30. The van der Waals surface area contributed by atoms with Crippen LogP contribution in [0.5, 0.6) is 5.88 Å². The molecular weight excluding hydrogens is 370 g/mol. The Bertz CT molecular complexity index is 1140. The normalized spacial score (nSPS) is 14.8. The molecule has 0 radical (unpaired) electrons. The Hall–Kier alpha value is -3.14. The fourth-order valence-corrected chi connectivity index (χ4v) is 4.44. The molecule has 5 rings (SSSR count). The largest absolute Gasteiger partial charge is 0.472 e. The summed E-state index contributed by atoms with van der Waals surface area (Å²) in [4.78, 5) is 4.79. The molecule has 0 spiro atoms. The average Bonchev–Trinajstić information content (AvgIpc) is 3.19. The molecule has 1 fully saturated rings. The van der Waals surface area contributed by atoms with E-state index in [1.165, 1.54) is 37.7 Å². The zero-order valence-electron chi connectivity index (χ0n) is 17.4. The number of benzene rings is 2. The van der Waals surface area contributed by atoms with Gasteiger partial charge in [0.2, 0.25) is 5.88 Å². The lowest BCUT2D eigenvalue weighted by Crippen LogP contribution is -2.06. The van der Waals surface area contributed by atoms with E-state index in [0.29, 0.717) is 12.5 Å². The van der Waals surface area contributed by atoms with Gasteiger partial charge in [-0.05, 0) is 36.5 Å². The molecule has 30 heavy (non-hydrogen) atoms. The van der Waals surface area contributed by atoms with Crippen molar-refractivity contribution in [2.45, 2.75) is 44.6 Å². The molecule has 2 aromatic carbocycles. The molecule has 4 nitrogen and oxygen atoms in total. The van der Waals surface area contributed by atoms with Gasteiger partial charge < -0.3 is 4.74 Å². The molecule has 0 amide bonds. The monoisotopic (exact) mass is 397 g/mol. The van der Waals surface area contributed by atoms with Crippen molar-refractivity contribution in [2.75, 3.05) is 0 Å². The quantitative estimate of drug-likeness (QED) is 0.399. The Kier molecular flexibility index (Phi) is 5.22. The lowest BCUT2D eigenvalue weighted by molar-refractivity contribution is 0.283. The van der Waals surface area contributed by atoms with Crippen LogP contribution in [0.2, 0.25) is 0 Å². The Morgan fingerprint density at radius 3 is 2.57 bits per heavy atom. The minimum Gasteiger partial charge on any atom is -0.472 e. The predicted molar refractivity (Wildman–Crippen MR) is 121 cm³/mol. The fraction of sp³-hybridized carbons (Fsp3) is 0.308. The zero-order valence-corrected chi connectivity index (χ0v) is 17.4. The number of ether oxygens (including phenoxy) is 1. The fourth-order valence-electron chi connectivity index (χ4n) is 4.44. The Morgan fingerprint density at radius 2 is 1.73 bits per heavy atom. The first kappa shape index (κ1) is 18.9. The number of hydrogen-bond donors (Lipinski definition) is 0. The van der Waals surface area contributed by atoms with Crippen LogP contribution in [0.15, 0.2) is 66.9 Å². The number of nitrogens with zero attached hydrogens (tertiary/aromatic N) is 3. The molecule has 0 atom stereocenters. The third-order valence-corrected chi connectivity index (χ3v) is 6.09. The number of hydrogen-bond acceptors (Lipinski definition) is 3. The summed E-state index contributed by atoms with van der Waals surface area (Å²) in [5.74, 6) is 1.38. The number of rotatable bonds is 5. The van der Waals surface area contributed by atoms with Crippen molar-refractivity contribution >= 4 is 10.9 Å². The van der Waals surface area contributed by atoms with Gasteiger partial charge in [-0.1, -0.05) is 67.8 Å². The number of aryl methyl sites for hydroxylation is 1. The summed E-state index contributed by atoms with van der Waals surface area (Å²) in [5.41, 5.74) is 5.54. The molecule has 0 aliphatic heterocycles. The topological polar surface area (TPSA) is 39.9 Å². The molecule has 0 saturated heterocycles. The van der Waals surface area contributed by atoms with Gasteiger partial charge in [-0.3, -0.25) is 4.68 Å². The van der Waals surface area contributed by atoms with Gasteiger partial charge in [-0.15, -0.1) is 5.10 Å². The van der Waals surface area contributed by atoms with Crippen LogP contribution in [0.4, 0.5) is 0 Å². The summed E-state index contributed by atoms with van der Waals surface area (Å²) < 4.78 is 8.04. The standard InChI is InChI=1S/C26H27N3O/c1-29-17-23(20-7-3-2-4-8-20)26(28-29)30-18-19-11-13-22(14-12-19)25-16-15-21-9-5-6-10-24(21)27-25/h5-6,9-17,20H,2-4,7-8,18H2,1H3. The molecule has 2 heterocycles. The maximum absolute atomic E-state index is 6.15. The van der Waals surface area contributed by atoms with Crippen LogP contribution < -0.4 is 4.74 Å². The van der Waals surface area contributed by atoms with Gasteiger partial charge in [0, 0.05) is 29.8 Å². The first-order chi connectivity index (χ1) is 14.8. The zero-order chi connectivity index (χ0) is 20.3. The third-order valence-electron chi connectivity index (χ3n) is 6.09. The van der Waals surface area contributed by atoms with E-state index in [1.807, 2.05) is 23.9 Å². The van der Waals surface area contributed by atoms with E-state index in [4.69, 9.17) is 9.72 Å². The minimum absolute atomic E-state index is 0.530. The summed E-state index contributed by atoms with van der Waals surface area (Å²) in [6.45, 7) is 0.530. The van der Waals surface area contributed by atoms with Crippen LogP contribution in [0, 0.1) is 0 Å². The molecule has 4 heteroatoms. The van der Waals surface area contributed by atoms with Crippen molar-refractivity contribution in [1.82, 2.24) is 14.8 Å². The average molecular weight is 398 g/mol. The van der Waals surface area contributed by atoms with Crippen molar-refractivity contribution in [3.8, 4) is 17.1 Å². The highest BCUT2D eigenvalue weighted by atomic mass is 16.5. The van der Waals surface area contributed by atoms with Crippen LogP contribution >= 0.6 is 0 Å². The van der Waals surface area contributed by atoms with E-state index in [-0.39, 0.29) is 0 Å². The van der Waals surface area contributed by atoms with E-state index in [1.54, 1.807) is 0 Å². The highest BCUT2D eigenvalue weighted by Gasteiger charge is 2.22. The van der Waals surface area contributed by atoms with Gasteiger partial charge in [0.25, 0.3) is 0 Å². The number of aromatic nitrogens is 3. The molecule has 2 aromatic heterocycles. The molecule has 0 bridgehead atoms. The highest BCUT2D eigenvalue weighted by Crippen LogP contribution is 2.37. The molecule has 1 aliphatic carbocycles. The second kappa shape index (κ2) is 8.31. The molecule has 0 N–H and O–H groups in total. The van der Waals surface area contributed by atoms with E-state index in [2.05, 4.69) is 59.8 Å². The van der Waals surface area contributed by atoms with E-state index in [0.717, 1.165) is 33.6 Å². The molecular formula is C26H27N3O. The molecule has 4 aromatic rings. The number of fused-ring (bicyclic) bond motifs is 1. The maximum atomic E-state index is 6.15. The Morgan fingerprint density at radius 1 is 0.933 bits per heavy atom. The molecule has 0 unspecified atom stereocenters. The van der Waals surface area contributed by atoms with E-state index >= 15 is 0 Å². The predicted octanol–water partition coefficient (Wildman–Crippen LogP) is 6.26. The van der Waals surface area contributed by atoms with Gasteiger partial charge in [0.15, 0.2) is 0 Å². The van der Waals surface area contributed by atoms with Crippen LogP contribution in [0.1, 0.15) is 49.1 Å². The van der Waals surface area contributed by atoms with Crippen molar-refractivity contribution < 1.29 is 4.74 Å². The van der Waals surface area contributed by atoms with Gasteiger partial charge in [-0.25, -0.2) is 4.98 Å². The summed E-state index contributed by atoms with van der Waals surface area (Å²) in [6, 6.07) is 20.9. The second-order valence-electron chi connectivity index (χ2n) is 8.27. The van der Waals surface area contributed by atoms with Gasteiger partial charge in [-0.2, -0.15) is 0 Å². The lowest BCUT2D eigenvalue weighted by atomic mass is 9.85. The maximum Gasteiger partial charge on any atom is 0.236 e. The van der Waals surface area contributed by atoms with Crippen molar-refractivity contribution in [2.24, 2.45) is 7.05 Å². The summed E-state index contributed by atoms with van der Waals surface area (Å²) in [6.07, 6.45) is 8.60. The van der Waals surface area contributed by atoms with Gasteiger partial charge >= 0.3 is 0 Å². The van der Waals surface area contributed by atoms with Crippen molar-refractivity contribution in [1.29, 1.82) is 0 Å². The van der Waals surface area contributed by atoms with Crippen molar-refractivity contribution in [3.05, 3.63) is 78.0 Å². The van der Waals surface area contributed by atoms with Crippen LogP contribution in [0.25, 0.3) is 22.2 Å². The lowest BCUT2D eigenvalue weighted by Gasteiger charge is -2.21. The SMILES string of the molecule is Cn1cc(C2CCCCC2)c(OCc2ccc(-c3ccc4ccccc4n3)cc2)n1. The van der Waals surface area contributed by atoms with Gasteiger partial charge in [0.1, 0.15) is 6.61 Å². The highest BCUT2D eigenvalue weighted by molar-refractivity contribution is 5.81. The minimum atomic E-state index is 0.530. The van der Waals surface area contributed by atoms with Gasteiger partial charge in [0.05, 0.1) is 11.2 Å². The van der Waals surface area contributed by atoms with Crippen LogP contribution in [-0.2, 0) is 13.7 Å². The summed E-state index contributed by atoms with van der Waals surface area (Å²) in [7, 11) is 1.98. The third kappa shape index (κ3) is 3.95. The second-order valence-corrected chi connectivity index (χ2v) is 8.27. The van der Waals surface area contributed by atoms with Crippen molar-refractivity contribution in [3.63, 3.8) is 0 Å².